The van der Waals surface area contributed by atoms with Crippen LogP contribution in [0.3, 0.4) is 0 Å². The summed E-state index contributed by atoms with van der Waals surface area (Å²) in [5.74, 6) is -1.17. The van der Waals surface area contributed by atoms with Crippen LogP contribution >= 0.6 is 11.6 Å². The van der Waals surface area contributed by atoms with E-state index in [0.717, 1.165) is 0 Å². The zero-order chi connectivity index (χ0) is 19.4. The van der Waals surface area contributed by atoms with Gasteiger partial charge >= 0.3 is 12.0 Å². The van der Waals surface area contributed by atoms with Crippen LogP contribution < -0.4 is 10.6 Å². The highest BCUT2D eigenvalue weighted by Gasteiger charge is 2.28. The second kappa shape index (κ2) is 7.88. The number of pyridine rings is 1. The third kappa shape index (κ3) is 4.24. The number of carboxylic acid groups (broad SMARTS) is 1. The predicted molar refractivity (Wildman–Crippen MR) is 98.7 cm³/mol. The van der Waals surface area contributed by atoms with Crippen LogP contribution in [0.15, 0.2) is 53.3 Å². The zero-order valence-corrected chi connectivity index (χ0v) is 14.9. The van der Waals surface area contributed by atoms with Crippen molar-refractivity contribution in [3.8, 4) is 11.3 Å². The summed E-state index contributed by atoms with van der Waals surface area (Å²) < 4.78 is 5.24. The number of carboxylic acids is 1. The summed E-state index contributed by atoms with van der Waals surface area (Å²) in [5.41, 5.74) is 1.08. The van der Waals surface area contributed by atoms with Crippen LogP contribution in [0.1, 0.15) is 29.1 Å². The minimum atomic E-state index is -1.21. The van der Waals surface area contributed by atoms with Crippen molar-refractivity contribution < 1.29 is 19.2 Å². The SMILES string of the molecule is C[C@@H](NC(=O)Nc1cccnc1)c1onc(-c2ccc(Cl)cc2)c1C(=O)O. The van der Waals surface area contributed by atoms with E-state index in [0.29, 0.717) is 16.3 Å². The molecule has 1 atom stereocenters. The van der Waals surface area contributed by atoms with Crippen molar-refractivity contribution in [3.05, 3.63) is 65.1 Å². The fourth-order valence-electron chi connectivity index (χ4n) is 2.48. The molecule has 0 unspecified atom stereocenters. The van der Waals surface area contributed by atoms with Gasteiger partial charge in [-0.15, -0.1) is 0 Å². The highest BCUT2D eigenvalue weighted by Crippen LogP contribution is 2.30. The lowest BCUT2D eigenvalue weighted by molar-refractivity contribution is 0.0694. The number of hydrogen-bond donors (Lipinski definition) is 3. The second-order valence-electron chi connectivity index (χ2n) is 5.64. The lowest BCUT2D eigenvalue weighted by Crippen LogP contribution is -2.31. The number of halogens is 1. The lowest BCUT2D eigenvalue weighted by Gasteiger charge is -2.12. The highest BCUT2D eigenvalue weighted by atomic mass is 35.5. The van der Waals surface area contributed by atoms with Crippen molar-refractivity contribution in [3.63, 3.8) is 0 Å². The fourth-order valence-corrected chi connectivity index (χ4v) is 2.60. The number of rotatable bonds is 5. The van der Waals surface area contributed by atoms with E-state index >= 15 is 0 Å². The first kappa shape index (κ1) is 18.4. The molecule has 0 spiro atoms. The van der Waals surface area contributed by atoms with E-state index in [1.807, 2.05) is 0 Å². The molecule has 3 aromatic rings. The van der Waals surface area contributed by atoms with Crippen molar-refractivity contribution >= 4 is 29.3 Å². The summed E-state index contributed by atoms with van der Waals surface area (Å²) in [5, 5.41) is 19.2. The van der Waals surface area contributed by atoms with Crippen molar-refractivity contribution in [1.29, 1.82) is 0 Å². The smallest absolute Gasteiger partial charge is 0.341 e. The molecule has 27 heavy (non-hydrogen) atoms. The minimum absolute atomic E-state index is 0.0359. The van der Waals surface area contributed by atoms with Gasteiger partial charge in [0, 0.05) is 16.8 Å². The topological polar surface area (TPSA) is 117 Å². The molecule has 3 rings (SSSR count). The monoisotopic (exact) mass is 386 g/mol. The number of aromatic nitrogens is 2. The molecule has 3 N–H and O–H groups in total. The average molecular weight is 387 g/mol. The first-order valence-corrected chi connectivity index (χ1v) is 8.30. The molecule has 2 aromatic heterocycles. The third-order valence-corrected chi connectivity index (χ3v) is 3.96. The molecular weight excluding hydrogens is 372 g/mol. The average Bonchev–Trinajstić information content (AvgIpc) is 3.08. The maximum atomic E-state index is 12.1. The molecule has 0 radical (unpaired) electrons. The van der Waals surface area contributed by atoms with Gasteiger partial charge in [0.05, 0.1) is 17.9 Å². The summed E-state index contributed by atoms with van der Waals surface area (Å²) in [4.78, 5) is 27.8. The number of benzene rings is 1. The number of anilines is 1. The Kier molecular flexibility index (Phi) is 5.37. The van der Waals surface area contributed by atoms with Crippen molar-refractivity contribution in [2.24, 2.45) is 0 Å². The van der Waals surface area contributed by atoms with Crippen LogP contribution in [0, 0.1) is 0 Å². The van der Waals surface area contributed by atoms with E-state index in [-0.39, 0.29) is 17.0 Å². The number of aromatic carboxylic acids is 1. The van der Waals surface area contributed by atoms with Gasteiger partial charge in [0.1, 0.15) is 11.3 Å². The molecule has 2 heterocycles. The first-order chi connectivity index (χ1) is 13.0. The van der Waals surface area contributed by atoms with Crippen molar-refractivity contribution in [2.75, 3.05) is 5.32 Å². The lowest BCUT2D eigenvalue weighted by atomic mass is 10.0. The summed E-state index contributed by atoms with van der Waals surface area (Å²) in [6.45, 7) is 1.60. The molecular formula is C18H15ClN4O4. The molecule has 0 fully saturated rings. The van der Waals surface area contributed by atoms with Crippen LogP contribution in [-0.4, -0.2) is 27.2 Å². The number of carbonyl (C=O) groups excluding carboxylic acids is 1. The fraction of sp³-hybridized carbons (Fsp3) is 0.111. The number of nitrogens with zero attached hydrogens (tertiary/aromatic N) is 2. The van der Waals surface area contributed by atoms with E-state index < -0.39 is 18.0 Å². The molecule has 2 amide bonds. The van der Waals surface area contributed by atoms with Crippen LogP contribution in [0.25, 0.3) is 11.3 Å². The minimum Gasteiger partial charge on any atom is -0.477 e. The molecule has 9 heteroatoms. The van der Waals surface area contributed by atoms with Crippen molar-refractivity contribution in [2.45, 2.75) is 13.0 Å². The molecule has 0 aliphatic carbocycles. The Morgan fingerprint density at radius 1 is 1.22 bits per heavy atom. The van der Waals surface area contributed by atoms with Gasteiger partial charge in [-0.2, -0.15) is 0 Å². The molecule has 0 aliphatic heterocycles. The Balaban J connectivity index is 1.82. The molecule has 0 saturated heterocycles. The number of urea groups is 1. The molecule has 0 saturated carbocycles. The van der Waals surface area contributed by atoms with E-state index in [2.05, 4.69) is 20.8 Å². The Bertz CT molecular complexity index is 957. The maximum Gasteiger partial charge on any atom is 0.341 e. The number of amides is 2. The predicted octanol–water partition coefficient (Wildman–Crippen LogP) is 3.97. The number of carbonyl (C=O) groups is 2. The van der Waals surface area contributed by atoms with Gasteiger partial charge in [0.15, 0.2) is 5.76 Å². The van der Waals surface area contributed by atoms with Gasteiger partial charge in [-0.1, -0.05) is 28.9 Å². The van der Waals surface area contributed by atoms with Crippen LogP contribution in [0.2, 0.25) is 5.02 Å². The van der Waals surface area contributed by atoms with Gasteiger partial charge in [0.25, 0.3) is 0 Å². The molecule has 0 bridgehead atoms. The normalized spacial score (nSPS) is 11.6. The largest absolute Gasteiger partial charge is 0.477 e. The summed E-state index contributed by atoms with van der Waals surface area (Å²) >= 11 is 5.86. The zero-order valence-electron chi connectivity index (χ0n) is 14.1. The quantitative estimate of drug-likeness (QED) is 0.610. The summed E-state index contributed by atoms with van der Waals surface area (Å²) in [6.07, 6.45) is 3.07. The number of hydrogen-bond acceptors (Lipinski definition) is 5. The molecule has 8 nitrogen and oxygen atoms in total. The van der Waals surface area contributed by atoms with Gasteiger partial charge in [0.2, 0.25) is 0 Å². The molecule has 138 valence electrons. The number of nitrogens with one attached hydrogen (secondary N) is 2. The van der Waals surface area contributed by atoms with Gasteiger partial charge in [-0.05, 0) is 31.2 Å². The molecule has 0 aliphatic rings. The van der Waals surface area contributed by atoms with Gasteiger partial charge in [-0.3, -0.25) is 4.98 Å². The third-order valence-electron chi connectivity index (χ3n) is 3.71. The Labute approximate surface area is 159 Å². The standard InChI is InChI=1S/C18H15ClN4O4/c1-10(21-18(26)22-13-3-2-8-20-9-13)16-14(17(24)25)15(23-27-16)11-4-6-12(19)7-5-11/h2-10H,1H3,(H,24,25)(H2,21,22,26)/t10-/m1/s1. The van der Waals surface area contributed by atoms with Crippen LogP contribution in [0.4, 0.5) is 10.5 Å². The second-order valence-corrected chi connectivity index (χ2v) is 6.08. The van der Waals surface area contributed by atoms with Crippen molar-refractivity contribution in [1.82, 2.24) is 15.5 Å². The Hall–Kier alpha value is -3.39. The maximum absolute atomic E-state index is 12.1. The van der Waals surface area contributed by atoms with E-state index in [4.69, 9.17) is 16.1 Å². The van der Waals surface area contributed by atoms with E-state index in [1.54, 1.807) is 49.5 Å². The first-order valence-electron chi connectivity index (χ1n) is 7.92. The Morgan fingerprint density at radius 2 is 1.96 bits per heavy atom. The van der Waals surface area contributed by atoms with Crippen LogP contribution in [-0.2, 0) is 0 Å². The van der Waals surface area contributed by atoms with E-state index in [9.17, 15) is 14.7 Å². The molecule has 1 aromatic carbocycles. The van der Waals surface area contributed by atoms with Gasteiger partial charge in [-0.25, -0.2) is 9.59 Å². The summed E-state index contributed by atoms with van der Waals surface area (Å²) in [6, 6.07) is 8.62. The van der Waals surface area contributed by atoms with E-state index in [1.165, 1.54) is 6.20 Å². The highest BCUT2D eigenvalue weighted by molar-refractivity contribution is 6.30. The Morgan fingerprint density at radius 3 is 2.59 bits per heavy atom. The summed E-state index contributed by atoms with van der Waals surface area (Å²) in [7, 11) is 0. The van der Waals surface area contributed by atoms with Crippen LogP contribution in [0.5, 0.6) is 0 Å². The van der Waals surface area contributed by atoms with Gasteiger partial charge < -0.3 is 20.3 Å².